The summed E-state index contributed by atoms with van der Waals surface area (Å²) in [5.74, 6) is 0.736. The summed E-state index contributed by atoms with van der Waals surface area (Å²) in [7, 11) is 4.08. The van der Waals surface area contributed by atoms with Crippen molar-refractivity contribution >= 4 is 0 Å². The van der Waals surface area contributed by atoms with Crippen LogP contribution in [-0.2, 0) is 13.5 Å². The number of hydrogen-bond donors (Lipinski definition) is 1. The SMILES string of the molecule is CNCCC1CCCc2c1cnn2C. The lowest BCUT2D eigenvalue weighted by atomic mass is 9.85. The third kappa shape index (κ3) is 1.69. The Kier molecular flexibility index (Phi) is 2.87. The van der Waals surface area contributed by atoms with E-state index in [9.17, 15) is 0 Å². The molecule has 1 aromatic rings. The summed E-state index contributed by atoms with van der Waals surface area (Å²) < 4.78 is 2.04. The summed E-state index contributed by atoms with van der Waals surface area (Å²) in [6, 6.07) is 0. The summed E-state index contributed by atoms with van der Waals surface area (Å²) in [5, 5.41) is 7.58. The molecule has 0 aromatic carbocycles. The maximum atomic E-state index is 4.35. The Labute approximate surface area is 85.5 Å². The smallest absolute Gasteiger partial charge is 0.0527 e. The van der Waals surface area contributed by atoms with E-state index in [0.29, 0.717) is 0 Å². The molecule has 0 bridgehead atoms. The van der Waals surface area contributed by atoms with Crippen LogP contribution < -0.4 is 5.32 Å². The van der Waals surface area contributed by atoms with Gasteiger partial charge in [-0.25, -0.2) is 0 Å². The average molecular weight is 193 g/mol. The molecule has 0 saturated heterocycles. The number of rotatable bonds is 3. The minimum atomic E-state index is 0.736. The highest BCUT2D eigenvalue weighted by molar-refractivity contribution is 5.25. The van der Waals surface area contributed by atoms with Crippen LogP contribution in [0.1, 0.15) is 36.4 Å². The lowest BCUT2D eigenvalue weighted by molar-refractivity contribution is 0.499. The quantitative estimate of drug-likeness (QED) is 0.787. The molecule has 3 heteroatoms. The molecule has 1 aromatic heterocycles. The fourth-order valence-electron chi connectivity index (χ4n) is 2.42. The molecule has 1 unspecified atom stereocenters. The second-order valence-electron chi connectivity index (χ2n) is 4.15. The highest BCUT2D eigenvalue weighted by Gasteiger charge is 2.22. The summed E-state index contributed by atoms with van der Waals surface area (Å²) in [5.41, 5.74) is 2.95. The highest BCUT2D eigenvalue weighted by Crippen LogP contribution is 2.33. The molecule has 1 N–H and O–H groups in total. The van der Waals surface area contributed by atoms with Crippen LogP contribution in [0.2, 0.25) is 0 Å². The van der Waals surface area contributed by atoms with E-state index in [1.807, 2.05) is 11.7 Å². The Bertz CT molecular complexity index is 303. The van der Waals surface area contributed by atoms with Gasteiger partial charge < -0.3 is 5.32 Å². The molecule has 14 heavy (non-hydrogen) atoms. The van der Waals surface area contributed by atoms with Gasteiger partial charge >= 0.3 is 0 Å². The van der Waals surface area contributed by atoms with E-state index in [1.54, 1.807) is 0 Å². The van der Waals surface area contributed by atoms with Crippen LogP contribution >= 0.6 is 0 Å². The van der Waals surface area contributed by atoms with Crippen LogP contribution in [0.3, 0.4) is 0 Å². The number of aromatic nitrogens is 2. The number of nitrogens with one attached hydrogen (secondary N) is 1. The normalized spacial score (nSPS) is 20.9. The van der Waals surface area contributed by atoms with E-state index < -0.39 is 0 Å². The second kappa shape index (κ2) is 4.13. The van der Waals surface area contributed by atoms with Gasteiger partial charge in [-0.1, -0.05) is 0 Å². The van der Waals surface area contributed by atoms with Crippen molar-refractivity contribution in [1.29, 1.82) is 0 Å². The standard InChI is InChI=1S/C11H19N3/c1-12-7-6-9-4-3-5-11-10(9)8-13-14(11)2/h8-9,12H,3-7H2,1-2H3. The van der Waals surface area contributed by atoms with Gasteiger partial charge in [0.15, 0.2) is 0 Å². The summed E-state index contributed by atoms with van der Waals surface area (Å²) in [4.78, 5) is 0. The molecule has 0 radical (unpaired) electrons. The first-order chi connectivity index (χ1) is 6.83. The van der Waals surface area contributed by atoms with Gasteiger partial charge in [-0.2, -0.15) is 5.10 Å². The van der Waals surface area contributed by atoms with Gasteiger partial charge in [0.2, 0.25) is 0 Å². The second-order valence-corrected chi connectivity index (χ2v) is 4.15. The third-order valence-corrected chi connectivity index (χ3v) is 3.24. The van der Waals surface area contributed by atoms with Crippen molar-refractivity contribution in [2.24, 2.45) is 7.05 Å². The fraction of sp³-hybridized carbons (Fsp3) is 0.727. The molecule has 78 valence electrons. The Morgan fingerprint density at radius 1 is 1.64 bits per heavy atom. The molecule has 0 saturated carbocycles. The van der Waals surface area contributed by atoms with Crippen LogP contribution in [0.25, 0.3) is 0 Å². The minimum absolute atomic E-state index is 0.736. The third-order valence-electron chi connectivity index (χ3n) is 3.24. The Balaban J connectivity index is 2.14. The van der Waals surface area contributed by atoms with Crippen LogP contribution in [-0.4, -0.2) is 23.4 Å². The van der Waals surface area contributed by atoms with Gasteiger partial charge in [-0.05, 0) is 50.8 Å². The van der Waals surface area contributed by atoms with E-state index in [0.717, 1.165) is 12.5 Å². The van der Waals surface area contributed by atoms with Gasteiger partial charge in [0.25, 0.3) is 0 Å². The van der Waals surface area contributed by atoms with Crippen molar-refractivity contribution in [3.05, 3.63) is 17.5 Å². The number of hydrogen-bond acceptors (Lipinski definition) is 2. The van der Waals surface area contributed by atoms with Crippen molar-refractivity contribution in [3.63, 3.8) is 0 Å². The first kappa shape index (κ1) is 9.71. The molecule has 0 amide bonds. The predicted molar refractivity (Wildman–Crippen MR) is 57.4 cm³/mol. The largest absolute Gasteiger partial charge is 0.320 e. The minimum Gasteiger partial charge on any atom is -0.320 e. The molecule has 0 aliphatic heterocycles. The zero-order valence-corrected chi connectivity index (χ0v) is 9.08. The molecule has 0 fully saturated rings. The van der Waals surface area contributed by atoms with Crippen molar-refractivity contribution in [1.82, 2.24) is 15.1 Å². The summed E-state index contributed by atoms with van der Waals surface area (Å²) in [6.45, 7) is 1.11. The molecule has 3 nitrogen and oxygen atoms in total. The Morgan fingerprint density at radius 3 is 3.29 bits per heavy atom. The lowest BCUT2D eigenvalue weighted by Gasteiger charge is -2.22. The van der Waals surface area contributed by atoms with E-state index in [-0.39, 0.29) is 0 Å². The molecular weight excluding hydrogens is 174 g/mol. The van der Waals surface area contributed by atoms with Gasteiger partial charge in [-0.3, -0.25) is 4.68 Å². The van der Waals surface area contributed by atoms with Gasteiger partial charge in [-0.15, -0.1) is 0 Å². The number of nitrogens with zero attached hydrogens (tertiary/aromatic N) is 2. The van der Waals surface area contributed by atoms with Gasteiger partial charge in [0, 0.05) is 12.7 Å². The first-order valence-corrected chi connectivity index (χ1v) is 5.48. The van der Waals surface area contributed by atoms with E-state index in [4.69, 9.17) is 0 Å². The lowest BCUT2D eigenvalue weighted by Crippen LogP contribution is -2.16. The van der Waals surface area contributed by atoms with Gasteiger partial charge in [0.1, 0.15) is 0 Å². The monoisotopic (exact) mass is 193 g/mol. The molecule has 0 spiro atoms. The van der Waals surface area contributed by atoms with Crippen LogP contribution in [0.5, 0.6) is 0 Å². The van der Waals surface area contributed by atoms with Crippen molar-refractivity contribution in [2.45, 2.75) is 31.6 Å². The van der Waals surface area contributed by atoms with Crippen molar-refractivity contribution in [3.8, 4) is 0 Å². The summed E-state index contributed by atoms with van der Waals surface area (Å²) in [6.07, 6.45) is 7.17. The van der Waals surface area contributed by atoms with Crippen molar-refractivity contribution in [2.75, 3.05) is 13.6 Å². The number of fused-ring (bicyclic) bond motifs is 1. The van der Waals surface area contributed by atoms with Crippen LogP contribution in [0, 0.1) is 0 Å². The highest BCUT2D eigenvalue weighted by atomic mass is 15.3. The predicted octanol–water partition coefficient (Wildman–Crippen LogP) is 1.45. The van der Waals surface area contributed by atoms with Crippen LogP contribution in [0.15, 0.2) is 6.20 Å². The van der Waals surface area contributed by atoms with E-state index in [2.05, 4.69) is 23.7 Å². The molecular formula is C11H19N3. The molecule has 1 heterocycles. The zero-order valence-electron chi connectivity index (χ0n) is 9.08. The average Bonchev–Trinajstić information content (AvgIpc) is 2.58. The maximum Gasteiger partial charge on any atom is 0.0527 e. The fourth-order valence-corrected chi connectivity index (χ4v) is 2.42. The first-order valence-electron chi connectivity index (χ1n) is 5.48. The van der Waals surface area contributed by atoms with E-state index >= 15 is 0 Å². The molecule has 1 aliphatic carbocycles. The van der Waals surface area contributed by atoms with Crippen LogP contribution in [0.4, 0.5) is 0 Å². The maximum absolute atomic E-state index is 4.35. The molecule has 1 aliphatic rings. The Morgan fingerprint density at radius 2 is 2.50 bits per heavy atom. The van der Waals surface area contributed by atoms with Gasteiger partial charge in [0.05, 0.1) is 6.20 Å². The Hall–Kier alpha value is -0.830. The topological polar surface area (TPSA) is 29.9 Å². The summed E-state index contributed by atoms with van der Waals surface area (Å²) >= 11 is 0. The van der Waals surface area contributed by atoms with Crippen molar-refractivity contribution < 1.29 is 0 Å². The molecule has 2 rings (SSSR count). The zero-order chi connectivity index (χ0) is 9.97. The number of aryl methyl sites for hydroxylation is 1. The molecule has 1 atom stereocenters. The van der Waals surface area contributed by atoms with E-state index in [1.165, 1.54) is 36.9 Å².